The van der Waals surface area contributed by atoms with Crippen LogP contribution in [0.5, 0.6) is 0 Å². The second kappa shape index (κ2) is 5.33. The third-order valence-electron chi connectivity index (χ3n) is 3.57. The zero-order valence-electron chi connectivity index (χ0n) is 10.8. The van der Waals surface area contributed by atoms with E-state index in [4.69, 9.17) is 0 Å². The van der Waals surface area contributed by atoms with Gasteiger partial charge in [0.25, 0.3) is 0 Å². The van der Waals surface area contributed by atoms with Gasteiger partial charge in [0.15, 0.2) is 0 Å². The number of thioether (sulfide) groups is 1. The number of carbonyl (C=O) groups excluding carboxylic acids is 1. The van der Waals surface area contributed by atoms with E-state index in [-0.39, 0.29) is 18.4 Å². The van der Waals surface area contributed by atoms with Crippen LogP contribution in [0.1, 0.15) is 31.7 Å². The molecule has 1 aliphatic heterocycles. The van der Waals surface area contributed by atoms with Gasteiger partial charge in [-0.05, 0) is 25.0 Å². The highest BCUT2D eigenvalue weighted by Crippen LogP contribution is 2.39. The molecule has 0 aliphatic carbocycles. The number of fused-ring (bicyclic) bond motifs is 1. The van der Waals surface area contributed by atoms with Gasteiger partial charge in [-0.3, -0.25) is 4.79 Å². The van der Waals surface area contributed by atoms with Crippen molar-refractivity contribution < 1.29 is 9.90 Å². The van der Waals surface area contributed by atoms with Gasteiger partial charge in [-0.2, -0.15) is 0 Å². The van der Waals surface area contributed by atoms with Crippen molar-refractivity contribution in [3.63, 3.8) is 0 Å². The summed E-state index contributed by atoms with van der Waals surface area (Å²) >= 11 is 1.72. The molecule has 3 nitrogen and oxygen atoms in total. The van der Waals surface area contributed by atoms with Crippen LogP contribution in [0.4, 0.5) is 0 Å². The third-order valence-corrected chi connectivity index (χ3v) is 4.75. The Morgan fingerprint density at radius 2 is 2.28 bits per heavy atom. The first-order chi connectivity index (χ1) is 8.59. The molecule has 0 aromatic heterocycles. The summed E-state index contributed by atoms with van der Waals surface area (Å²) in [5.41, 5.74) is 0.593. The van der Waals surface area contributed by atoms with Crippen LogP contribution in [0.3, 0.4) is 0 Å². The van der Waals surface area contributed by atoms with Crippen LogP contribution in [0.25, 0.3) is 0 Å². The lowest BCUT2D eigenvalue weighted by molar-refractivity contribution is -0.124. The van der Waals surface area contributed by atoms with Crippen molar-refractivity contribution in [1.82, 2.24) is 5.32 Å². The summed E-state index contributed by atoms with van der Waals surface area (Å²) in [4.78, 5) is 13.5. The fraction of sp³-hybridized carbons (Fsp3) is 0.500. The van der Waals surface area contributed by atoms with Crippen LogP contribution in [0.15, 0.2) is 29.2 Å². The number of rotatable bonds is 4. The Labute approximate surface area is 112 Å². The molecular weight excluding hydrogens is 246 g/mol. The molecule has 0 spiro atoms. The number of hydrogen-bond donors (Lipinski definition) is 2. The first-order valence-electron chi connectivity index (χ1n) is 6.24. The first-order valence-corrected chi connectivity index (χ1v) is 7.23. The molecule has 0 fully saturated rings. The minimum atomic E-state index is -0.515. The van der Waals surface area contributed by atoms with Crippen molar-refractivity contribution in [3.8, 4) is 0 Å². The van der Waals surface area contributed by atoms with Gasteiger partial charge in [-0.15, -0.1) is 11.8 Å². The Bertz CT molecular complexity index is 443. The van der Waals surface area contributed by atoms with E-state index in [0.29, 0.717) is 0 Å². The van der Waals surface area contributed by atoms with Gasteiger partial charge < -0.3 is 10.4 Å². The standard InChI is InChI=1S/C14H19NO2S/c1-3-14(2,9-16)15-13(17)11-8-18-12-7-5-4-6-10(11)12/h4-7,11,16H,3,8-9H2,1-2H3,(H,15,17). The highest BCUT2D eigenvalue weighted by molar-refractivity contribution is 7.99. The lowest BCUT2D eigenvalue weighted by Crippen LogP contribution is -2.50. The van der Waals surface area contributed by atoms with Crippen LogP contribution < -0.4 is 5.32 Å². The molecule has 0 radical (unpaired) electrons. The van der Waals surface area contributed by atoms with Crippen LogP contribution in [0.2, 0.25) is 0 Å². The lowest BCUT2D eigenvalue weighted by atomic mass is 9.96. The van der Waals surface area contributed by atoms with E-state index in [1.54, 1.807) is 11.8 Å². The van der Waals surface area contributed by atoms with Crippen LogP contribution in [-0.4, -0.2) is 28.9 Å². The third kappa shape index (κ3) is 2.54. The maximum atomic E-state index is 12.3. The molecule has 2 rings (SSSR count). The highest BCUT2D eigenvalue weighted by Gasteiger charge is 2.32. The molecule has 2 atom stereocenters. The van der Waals surface area contributed by atoms with Crippen molar-refractivity contribution in [3.05, 3.63) is 29.8 Å². The van der Waals surface area contributed by atoms with Gasteiger partial charge in [-0.1, -0.05) is 25.1 Å². The number of aliphatic hydroxyl groups excluding tert-OH is 1. The van der Waals surface area contributed by atoms with Gasteiger partial charge >= 0.3 is 0 Å². The monoisotopic (exact) mass is 265 g/mol. The summed E-state index contributed by atoms with van der Waals surface area (Å²) in [7, 11) is 0. The molecule has 1 aromatic carbocycles. The number of benzene rings is 1. The van der Waals surface area contributed by atoms with Gasteiger partial charge in [0.2, 0.25) is 5.91 Å². The Balaban J connectivity index is 2.12. The van der Waals surface area contributed by atoms with Crippen molar-refractivity contribution in [1.29, 1.82) is 0 Å². The van der Waals surface area contributed by atoms with Gasteiger partial charge in [-0.25, -0.2) is 0 Å². The molecule has 0 bridgehead atoms. The molecule has 1 aliphatic rings. The Hall–Kier alpha value is -1.00. The SMILES string of the molecule is CCC(C)(CO)NC(=O)C1CSc2ccccc21. The molecule has 18 heavy (non-hydrogen) atoms. The van der Waals surface area contributed by atoms with Gasteiger partial charge in [0.1, 0.15) is 0 Å². The Kier molecular flexibility index (Phi) is 3.97. The molecule has 4 heteroatoms. The predicted molar refractivity (Wildman–Crippen MR) is 73.8 cm³/mol. The normalized spacial score (nSPS) is 21.2. The highest BCUT2D eigenvalue weighted by atomic mass is 32.2. The van der Waals surface area contributed by atoms with E-state index in [1.165, 1.54) is 4.90 Å². The van der Waals surface area contributed by atoms with E-state index in [9.17, 15) is 9.90 Å². The summed E-state index contributed by atoms with van der Waals surface area (Å²) in [5.74, 6) is 0.714. The second-order valence-corrected chi connectivity index (χ2v) is 6.02. The minimum Gasteiger partial charge on any atom is -0.394 e. The number of amides is 1. The van der Waals surface area contributed by atoms with Crippen LogP contribution >= 0.6 is 11.8 Å². The molecule has 98 valence electrons. The maximum absolute atomic E-state index is 12.3. The quantitative estimate of drug-likeness (QED) is 0.877. The maximum Gasteiger partial charge on any atom is 0.228 e. The minimum absolute atomic E-state index is 0.0193. The molecule has 1 aromatic rings. The molecule has 0 saturated heterocycles. The van der Waals surface area contributed by atoms with Crippen molar-refractivity contribution in [2.24, 2.45) is 0 Å². The van der Waals surface area contributed by atoms with E-state index in [0.717, 1.165) is 17.7 Å². The fourth-order valence-corrected chi connectivity index (χ4v) is 3.23. The van der Waals surface area contributed by atoms with Crippen molar-refractivity contribution >= 4 is 17.7 Å². The van der Waals surface area contributed by atoms with E-state index in [1.807, 2.05) is 32.0 Å². The van der Waals surface area contributed by atoms with Crippen molar-refractivity contribution in [2.45, 2.75) is 36.6 Å². The summed E-state index contributed by atoms with van der Waals surface area (Å²) < 4.78 is 0. The summed E-state index contributed by atoms with van der Waals surface area (Å²) in [5, 5.41) is 12.3. The smallest absolute Gasteiger partial charge is 0.228 e. The fourth-order valence-electron chi connectivity index (χ4n) is 2.00. The number of nitrogens with one attached hydrogen (secondary N) is 1. The number of carbonyl (C=O) groups is 1. The largest absolute Gasteiger partial charge is 0.394 e. The summed E-state index contributed by atoms with van der Waals surface area (Å²) in [6.45, 7) is 3.81. The molecular formula is C14H19NO2S. The van der Waals surface area contributed by atoms with Gasteiger partial charge in [0, 0.05) is 10.6 Å². The van der Waals surface area contributed by atoms with E-state index in [2.05, 4.69) is 11.4 Å². The van der Waals surface area contributed by atoms with Crippen LogP contribution in [-0.2, 0) is 4.79 Å². The second-order valence-electron chi connectivity index (χ2n) is 4.96. The van der Waals surface area contributed by atoms with Crippen molar-refractivity contribution in [2.75, 3.05) is 12.4 Å². The molecule has 1 heterocycles. The molecule has 0 saturated carbocycles. The zero-order valence-corrected chi connectivity index (χ0v) is 11.6. The van der Waals surface area contributed by atoms with E-state index < -0.39 is 5.54 Å². The summed E-state index contributed by atoms with van der Waals surface area (Å²) in [6, 6.07) is 8.03. The Morgan fingerprint density at radius 3 is 2.94 bits per heavy atom. The van der Waals surface area contributed by atoms with Crippen LogP contribution in [0, 0.1) is 0 Å². The van der Waals surface area contributed by atoms with Gasteiger partial charge in [0.05, 0.1) is 18.1 Å². The average molecular weight is 265 g/mol. The molecule has 1 amide bonds. The predicted octanol–water partition coefficient (Wildman–Crippen LogP) is 2.15. The zero-order chi connectivity index (χ0) is 13.2. The van der Waals surface area contributed by atoms with E-state index >= 15 is 0 Å². The molecule has 2 N–H and O–H groups in total. The molecule has 2 unspecified atom stereocenters. The Morgan fingerprint density at radius 1 is 1.56 bits per heavy atom. The first kappa shape index (κ1) is 13.4. The number of aliphatic hydroxyl groups is 1. The lowest BCUT2D eigenvalue weighted by Gasteiger charge is -2.28. The topological polar surface area (TPSA) is 49.3 Å². The summed E-state index contributed by atoms with van der Waals surface area (Å²) in [6.07, 6.45) is 0.719. The average Bonchev–Trinajstić information content (AvgIpc) is 2.82. The number of hydrogen-bond acceptors (Lipinski definition) is 3.